The summed E-state index contributed by atoms with van der Waals surface area (Å²) in [6, 6.07) is 16.9. The molecule has 1 saturated heterocycles. The second-order valence-corrected chi connectivity index (χ2v) is 9.83. The predicted molar refractivity (Wildman–Crippen MR) is 155 cm³/mol. The largest absolute Gasteiger partial charge is 0.369 e. The van der Waals surface area contributed by atoms with Gasteiger partial charge in [-0.3, -0.25) is 19.8 Å². The number of rotatable bonds is 12. The smallest absolute Gasteiger partial charge is 0.269 e. The third-order valence-electron chi connectivity index (χ3n) is 7.57. The summed E-state index contributed by atoms with van der Waals surface area (Å²) >= 11 is 0. The Balaban J connectivity index is 1.52. The van der Waals surface area contributed by atoms with Crippen LogP contribution in [0.2, 0.25) is 0 Å². The zero-order valence-electron chi connectivity index (χ0n) is 23.1. The first kappa shape index (κ1) is 28.7. The Morgan fingerprint density at radius 2 is 1.77 bits per heavy atom. The summed E-state index contributed by atoms with van der Waals surface area (Å²) in [6.07, 6.45) is 4.78. The molecule has 11 nitrogen and oxygen atoms in total. The zero-order chi connectivity index (χ0) is 28.5. The van der Waals surface area contributed by atoms with Gasteiger partial charge in [0.15, 0.2) is 0 Å². The van der Waals surface area contributed by atoms with Gasteiger partial charge in [0.25, 0.3) is 5.69 Å². The van der Waals surface area contributed by atoms with Crippen molar-refractivity contribution in [3.8, 4) is 0 Å². The molecular formula is C29H36N8O3. The van der Waals surface area contributed by atoms with Crippen molar-refractivity contribution in [3.63, 3.8) is 0 Å². The average molecular weight is 545 g/mol. The molecule has 1 unspecified atom stereocenters. The molecule has 2 aliphatic heterocycles. The van der Waals surface area contributed by atoms with Gasteiger partial charge in [-0.05, 0) is 42.0 Å². The lowest BCUT2D eigenvalue weighted by Gasteiger charge is -2.37. The van der Waals surface area contributed by atoms with Crippen LogP contribution in [0, 0.1) is 10.1 Å². The first-order valence-corrected chi connectivity index (χ1v) is 13.8. The molecule has 4 rings (SSSR count). The van der Waals surface area contributed by atoms with E-state index in [1.165, 1.54) is 17.8 Å². The van der Waals surface area contributed by atoms with Crippen LogP contribution in [0.1, 0.15) is 44.6 Å². The Bertz CT molecular complexity index is 1280. The Kier molecular flexibility index (Phi) is 9.77. The number of benzene rings is 2. The lowest BCUT2D eigenvalue weighted by molar-refractivity contribution is -0.384. The summed E-state index contributed by atoms with van der Waals surface area (Å²) in [6.45, 7) is 9.14. The van der Waals surface area contributed by atoms with Crippen molar-refractivity contribution in [1.29, 1.82) is 0 Å². The number of anilines is 1. The van der Waals surface area contributed by atoms with Crippen molar-refractivity contribution in [2.45, 2.75) is 39.0 Å². The second kappa shape index (κ2) is 13.6. The first-order chi connectivity index (χ1) is 19.5. The first-order valence-electron chi connectivity index (χ1n) is 13.8. The van der Waals surface area contributed by atoms with Crippen LogP contribution in [0.4, 0.5) is 11.4 Å². The van der Waals surface area contributed by atoms with Gasteiger partial charge in [-0.1, -0.05) is 44.2 Å². The molecule has 2 heterocycles. The van der Waals surface area contributed by atoms with E-state index in [1.807, 2.05) is 26.0 Å². The number of nitrogens with zero attached hydrogens (tertiary/aromatic N) is 8. The standard InChI is InChI=1S/C29H36N8O3/c1-3-24-21-27(23-11-13-26(14-12-23)37(39)40)29(28(4-2)36(24)32-31-30)35(22-38)16-8-15-33-17-19-34(20-18-33)25-9-6-5-7-10-25/h5-7,9-14,21-22,27H,3-4,8,15-20H2,1-2H3. The number of hydrogen-bond acceptors (Lipinski definition) is 6. The monoisotopic (exact) mass is 544 g/mol. The Labute approximate surface area is 234 Å². The van der Waals surface area contributed by atoms with Crippen molar-refractivity contribution in [2.75, 3.05) is 44.2 Å². The Morgan fingerprint density at radius 3 is 2.35 bits per heavy atom. The molecule has 1 atom stereocenters. The summed E-state index contributed by atoms with van der Waals surface area (Å²) < 4.78 is 0. The molecule has 210 valence electrons. The van der Waals surface area contributed by atoms with E-state index >= 15 is 0 Å². The maximum absolute atomic E-state index is 12.5. The van der Waals surface area contributed by atoms with Gasteiger partial charge in [0.2, 0.25) is 6.41 Å². The van der Waals surface area contributed by atoms with Crippen LogP contribution in [0.15, 0.2) is 83.0 Å². The summed E-state index contributed by atoms with van der Waals surface area (Å²) in [5.74, 6) is -0.310. The molecule has 0 spiro atoms. The number of carbonyl (C=O) groups excluding carboxylic acids is 1. The van der Waals surface area contributed by atoms with Crippen LogP contribution >= 0.6 is 0 Å². The van der Waals surface area contributed by atoms with E-state index in [0.717, 1.165) is 68.2 Å². The maximum Gasteiger partial charge on any atom is 0.269 e. The lowest BCUT2D eigenvalue weighted by atomic mass is 9.88. The molecule has 2 aromatic rings. The van der Waals surface area contributed by atoms with Crippen LogP contribution in [-0.4, -0.2) is 65.4 Å². The van der Waals surface area contributed by atoms with Crippen LogP contribution in [0.5, 0.6) is 0 Å². The number of allylic oxidation sites excluding steroid dienone is 3. The van der Waals surface area contributed by atoms with Crippen LogP contribution < -0.4 is 4.90 Å². The second-order valence-electron chi connectivity index (χ2n) is 9.83. The van der Waals surface area contributed by atoms with E-state index in [1.54, 1.807) is 22.0 Å². The highest BCUT2D eigenvalue weighted by molar-refractivity contribution is 5.56. The van der Waals surface area contributed by atoms with Crippen molar-refractivity contribution < 1.29 is 9.72 Å². The fourth-order valence-electron chi connectivity index (χ4n) is 5.52. The Morgan fingerprint density at radius 1 is 1.07 bits per heavy atom. The molecule has 0 aromatic heterocycles. The lowest BCUT2D eigenvalue weighted by Crippen LogP contribution is -2.47. The summed E-state index contributed by atoms with van der Waals surface area (Å²) in [7, 11) is 0. The minimum Gasteiger partial charge on any atom is -0.369 e. The fourth-order valence-corrected chi connectivity index (χ4v) is 5.52. The van der Waals surface area contributed by atoms with Crippen LogP contribution in [-0.2, 0) is 4.79 Å². The predicted octanol–water partition coefficient (Wildman–Crippen LogP) is 5.81. The fraction of sp³-hybridized carbons (Fsp3) is 0.414. The SMILES string of the molecule is CCC1=CC(c2ccc([N+](=O)[O-])cc2)C(N(C=O)CCCN2CCN(c3ccccc3)CC2)=C(CC)N1N=[N+]=[N-]. The number of amides is 1. The van der Waals surface area contributed by atoms with Crippen molar-refractivity contribution in [3.05, 3.63) is 104 Å². The maximum atomic E-state index is 12.5. The molecule has 1 amide bonds. The molecule has 2 aromatic carbocycles. The molecule has 2 aliphatic rings. The van der Waals surface area contributed by atoms with E-state index in [4.69, 9.17) is 0 Å². The minimum absolute atomic E-state index is 0.0100. The van der Waals surface area contributed by atoms with Crippen LogP contribution in [0.25, 0.3) is 10.4 Å². The number of carbonyl (C=O) groups is 1. The number of para-hydroxylation sites is 1. The summed E-state index contributed by atoms with van der Waals surface area (Å²) in [4.78, 5) is 32.9. The van der Waals surface area contributed by atoms with Gasteiger partial charge >= 0.3 is 0 Å². The molecular weight excluding hydrogens is 508 g/mol. The highest BCUT2D eigenvalue weighted by Crippen LogP contribution is 2.40. The van der Waals surface area contributed by atoms with Gasteiger partial charge in [0, 0.05) is 63.4 Å². The highest BCUT2D eigenvalue weighted by Gasteiger charge is 2.35. The molecule has 0 aliphatic carbocycles. The van der Waals surface area contributed by atoms with E-state index in [2.05, 4.69) is 44.2 Å². The van der Waals surface area contributed by atoms with Crippen molar-refractivity contribution >= 4 is 17.8 Å². The number of azide groups is 1. The molecule has 0 saturated carbocycles. The van der Waals surface area contributed by atoms with E-state index < -0.39 is 4.92 Å². The highest BCUT2D eigenvalue weighted by atomic mass is 16.6. The third-order valence-corrected chi connectivity index (χ3v) is 7.57. The molecule has 1 fully saturated rings. The zero-order valence-corrected chi connectivity index (χ0v) is 23.1. The van der Waals surface area contributed by atoms with Gasteiger partial charge in [0.1, 0.15) is 11.4 Å². The Hall–Kier alpha value is -4.34. The van der Waals surface area contributed by atoms with Crippen LogP contribution in [0.3, 0.4) is 0 Å². The van der Waals surface area contributed by atoms with Gasteiger partial charge in [-0.25, -0.2) is 0 Å². The van der Waals surface area contributed by atoms with Crippen molar-refractivity contribution in [1.82, 2.24) is 14.8 Å². The van der Waals surface area contributed by atoms with E-state index in [0.29, 0.717) is 19.4 Å². The number of hydrogen-bond donors (Lipinski definition) is 0. The number of non-ortho nitro benzene ring substituents is 1. The van der Waals surface area contributed by atoms with Crippen molar-refractivity contribution in [2.24, 2.45) is 5.22 Å². The quantitative estimate of drug-likeness (QED) is 0.0830. The molecule has 0 bridgehead atoms. The molecule has 40 heavy (non-hydrogen) atoms. The third kappa shape index (κ3) is 6.44. The number of piperazine rings is 1. The molecule has 11 heteroatoms. The van der Waals surface area contributed by atoms with E-state index in [9.17, 15) is 20.4 Å². The number of nitro groups is 1. The molecule has 0 radical (unpaired) electrons. The minimum atomic E-state index is -0.424. The van der Waals surface area contributed by atoms with Gasteiger partial charge in [0.05, 0.1) is 16.5 Å². The number of nitro benzene ring substituents is 1. The topological polar surface area (TPSA) is 122 Å². The molecule has 0 N–H and O–H groups in total. The summed E-state index contributed by atoms with van der Waals surface area (Å²) in [5.41, 5.74) is 13.7. The van der Waals surface area contributed by atoms with Gasteiger partial charge in [-0.15, -0.1) is 5.53 Å². The van der Waals surface area contributed by atoms with Gasteiger partial charge < -0.3 is 9.80 Å². The normalized spacial score (nSPS) is 17.8. The summed E-state index contributed by atoms with van der Waals surface area (Å²) in [5, 5.41) is 16.8. The average Bonchev–Trinajstić information content (AvgIpc) is 3.00. The van der Waals surface area contributed by atoms with Gasteiger partial charge in [-0.2, -0.15) is 9.92 Å². The van der Waals surface area contributed by atoms with E-state index in [-0.39, 0.29) is 11.6 Å².